The van der Waals surface area contributed by atoms with Crippen molar-refractivity contribution in [1.29, 1.82) is 0 Å². The SMILES string of the molecule is CC.O=C(Nc1ccsc1Br)OC1CCNCC1. The minimum atomic E-state index is -0.369. The molecule has 0 spiro atoms. The quantitative estimate of drug-likeness (QED) is 0.863. The van der Waals surface area contributed by atoms with Gasteiger partial charge in [0.1, 0.15) is 6.10 Å². The molecule has 1 aliphatic rings. The van der Waals surface area contributed by atoms with E-state index in [1.54, 1.807) is 0 Å². The van der Waals surface area contributed by atoms with E-state index in [1.807, 2.05) is 25.3 Å². The summed E-state index contributed by atoms with van der Waals surface area (Å²) in [4.78, 5) is 11.6. The first-order valence-electron chi connectivity index (χ1n) is 6.17. The number of anilines is 1. The van der Waals surface area contributed by atoms with Crippen LogP contribution in [0.1, 0.15) is 26.7 Å². The van der Waals surface area contributed by atoms with Crippen LogP contribution in [-0.2, 0) is 4.74 Å². The van der Waals surface area contributed by atoms with Gasteiger partial charge in [-0.3, -0.25) is 5.32 Å². The van der Waals surface area contributed by atoms with Crippen LogP contribution in [0.5, 0.6) is 0 Å². The van der Waals surface area contributed by atoms with Crippen LogP contribution in [-0.4, -0.2) is 25.3 Å². The standard InChI is InChI=1S/C10H13BrN2O2S.C2H6/c11-9-8(3-6-16-9)13-10(14)15-7-1-4-12-5-2-7;1-2/h3,6-7,12H,1-2,4-5H2,(H,13,14);1-2H3. The van der Waals surface area contributed by atoms with Crippen molar-refractivity contribution in [1.82, 2.24) is 5.32 Å². The third-order valence-corrected chi connectivity index (χ3v) is 4.10. The highest BCUT2D eigenvalue weighted by Gasteiger charge is 2.17. The molecular formula is C12H19BrN2O2S. The minimum absolute atomic E-state index is 0.0404. The van der Waals surface area contributed by atoms with Gasteiger partial charge in [-0.05, 0) is 53.3 Å². The Morgan fingerprint density at radius 1 is 1.50 bits per heavy atom. The van der Waals surface area contributed by atoms with Gasteiger partial charge in [0.25, 0.3) is 0 Å². The highest BCUT2D eigenvalue weighted by atomic mass is 79.9. The molecule has 0 radical (unpaired) electrons. The molecular weight excluding hydrogens is 316 g/mol. The lowest BCUT2D eigenvalue weighted by atomic mass is 10.1. The molecule has 1 aromatic rings. The molecule has 2 N–H and O–H groups in total. The van der Waals surface area contributed by atoms with Gasteiger partial charge in [0, 0.05) is 0 Å². The fourth-order valence-corrected chi connectivity index (χ4v) is 2.71. The summed E-state index contributed by atoms with van der Waals surface area (Å²) in [6, 6.07) is 1.85. The lowest BCUT2D eigenvalue weighted by molar-refractivity contribution is 0.0909. The number of carbonyl (C=O) groups is 1. The van der Waals surface area contributed by atoms with Crippen LogP contribution >= 0.6 is 27.3 Å². The number of piperidine rings is 1. The lowest BCUT2D eigenvalue weighted by Gasteiger charge is -2.22. The van der Waals surface area contributed by atoms with Crippen LogP contribution in [0.15, 0.2) is 15.2 Å². The number of hydrogen-bond donors (Lipinski definition) is 2. The number of nitrogens with one attached hydrogen (secondary N) is 2. The van der Waals surface area contributed by atoms with Crippen molar-refractivity contribution >= 4 is 39.0 Å². The molecule has 1 saturated heterocycles. The summed E-state index contributed by atoms with van der Waals surface area (Å²) >= 11 is 4.89. The molecule has 1 aliphatic heterocycles. The van der Waals surface area contributed by atoms with Crippen LogP contribution in [0.4, 0.5) is 10.5 Å². The van der Waals surface area contributed by atoms with Gasteiger partial charge in [0.2, 0.25) is 0 Å². The predicted molar refractivity (Wildman–Crippen MR) is 79.4 cm³/mol. The van der Waals surface area contributed by atoms with E-state index < -0.39 is 0 Å². The van der Waals surface area contributed by atoms with E-state index in [0.717, 1.165) is 35.4 Å². The van der Waals surface area contributed by atoms with Crippen LogP contribution in [0.2, 0.25) is 0 Å². The summed E-state index contributed by atoms with van der Waals surface area (Å²) in [7, 11) is 0. The molecule has 0 saturated carbocycles. The highest BCUT2D eigenvalue weighted by molar-refractivity contribution is 9.11. The van der Waals surface area contributed by atoms with Crippen LogP contribution < -0.4 is 10.6 Å². The highest BCUT2D eigenvalue weighted by Crippen LogP contribution is 2.28. The van der Waals surface area contributed by atoms with E-state index in [-0.39, 0.29) is 12.2 Å². The molecule has 0 bridgehead atoms. The lowest BCUT2D eigenvalue weighted by Crippen LogP contribution is -2.34. The molecule has 2 heterocycles. The van der Waals surface area contributed by atoms with Gasteiger partial charge in [-0.15, -0.1) is 11.3 Å². The molecule has 0 aromatic carbocycles. The Morgan fingerprint density at radius 2 is 2.17 bits per heavy atom. The third kappa shape index (κ3) is 4.96. The van der Waals surface area contributed by atoms with Gasteiger partial charge in [-0.1, -0.05) is 13.8 Å². The summed E-state index contributed by atoms with van der Waals surface area (Å²) in [5.74, 6) is 0. The second kappa shape index (κ2) is 8.50. The van der Waals surface area contributed by atoms with E-state index in [0.29, 0.717) is 0 Å². The van der Waals surface area contributed by atoms with E-state index in [1.165, 1.54) is 11.3 Å². The summed E-state index contributed by atoms with van der Waals surface area (Å²) in [6.45, 7) is 5.83. The van der Waals surface area contributed by atoms with Gasteiger partial charge in [-0.25, -0.2) is 4.79 Å². The summed E-state index contributed by atoms with van der Waals surface area (Å²) < 4.78 is 6.23. The van der Waals surface area contributed by atoms with Gasteiger partial charge < -0.3 is 10.1 Å². The molecule has 1 fully saturated rings. The van der Waals surface area contributed by atoms with Crippen LogP contribution in [0.3, 0.4) is 0 Å². The Hall–Kier alpha value is -0.590. The van der Waals surface area contributed by atoms with Crippen molar-refractivity contribution in [2.24, 2.45) is 0 Å². The maximum Gasteiger partial charge on any atom is 0.411 e. The molecule has 0 aliphatic carbocycles. The second-order valence-electron chi connectivity index (χ2n) is 3.59. The number of ether oxygens (including phenoxy) is 1. The van der Waals surface area contributed by atoms with E-state index in [4.69, 9.17) is 4.74 Å². The van der Waals surface area contributed by atoms with Crippen molar-refractivity contribution in [3.8, 4) is 0 Å². The van der Waals surface area contributed by atoms with Gasteiger partial charge in [0.05, 0.1) is 9.47 Å². The van der Waals surface area contributed by atoms with E-state index in [2.05, 4.69) is 26.6 Å². The molecule has 102 valence electrons. The maximum absolute atomic E-state index is 11.6. The van der Waals surface area contributed by atoms with E-state index >= 15 is 0 Å². The zero-order valence-corrected chi connectivity index (χ0v) is 13.1. The molecule has 4 nitrogen and oxygen atoms in total. The first-order chi connectivity index (χ1) is 8.75. The number of rotatable bonds is 2. The summed E-state index contributed by atoms with van der Waals surface area (Å²) in [5, 5.41) is 7.85. The third-order valence-electron chi connectivity index (χ3n) is 2.41. The van der Waals surface area contributed by atoms with Gasteiger partial charge >= 0.3 is 6.09 Å². The largest absolute Gasteiger partial charge is 0.446 e. The average Bonchev–Trinajstić information content (AvgIpc) is 2.79. The minimum Gasteiger partial charge on any atom is -0.446 e. The average molecular weight is 335 g/mol. The number of hydrogen-bond acceptors (Lipinski definition) is 4. The molecule has 0 atom stereocenters. The molecule has 6 heteroatoms. The van der Waals surface area contributed by atoms with Crippen molar-refractivity contribution in [3.63, 3.8) is 0 Å². The predicted octanol–water partition coefficient (Wildman–Crippen LogP) is 3.84. The summed E-state index contributed by atoms with van der Waals surface area (Å²) in [6.07, 6.45) is 1.45. The number of halogens is 1. The Bertz CT molecular complexity index is 365. The van der Waals surface area contributed by atoms with Crippen LogP contribution in [0.25, 0.3) is 0 Å². The van der Waals surface area contributed by atoms with Crippen LogP contribution in [0, 0.1) is 0 Å². The number of carbonyl (C=O) groups excluding carboxylic acids is 1. The molecule has 2 rings (SSSR count). The fraction of sp³-hybridized carbons (Fsp3) is 0.583. The van der Waals surface area contributed by atoms with E-state index in [9.17, 15) is 4.79 Å². The Balaban J connectivity index is 0.000000771. The zero-order chi connectivity index (χ0) is 13.4. The maximum atomic E-state index is 11.6. The van der Waals surface area contributed by atoms with Crippen molar-refractivity contribution < 1.29 is 9.53 Å². The van der Waals surface area contributed by atoms with Crippen molar-refractivity contribution in [2.75, 3.05) is 18.4 Å². The number of amides is 1. The normalized spacial score (nSPS) is 15.5. The monoisotopic (exact) mass is 334 g/mol. The van der Waals surface area contributed by atoms with Crippen molar-refractivity contribution in [3.05, 3.63) is 15.2 Å². The van der Waals surface area contributed by atoms with Gasteiger partial charge in [-0.2, -0.15) is 0 Å². The molecule has 1 amide bonds. The summed E-state index contributed by atoms with van der Waals surface area (Å²) in [5.41, 5.74) is 0.768. The molecule has 1 aromatic heterocycles. The fourth-order valence-electron chi connectivity index (χ4n) is 1.59. The first-order valence-corrected chi connectivity index (χ1v) is 7.84. The Kier molecular flexibility index (Phi) is 7.31. The Morgan fingerprint density at radius 3 is 2.72 bits per heavy atom. The number of thiophene rings is 1. The topological polar surface area (TPSA) is 50.4 Å². The molecule has 18 heavy (non-hydrogen) atoms. The zero-order valence-electron chi connectivity index (χ0n) is 10.7. The second-order valence-corrected chi connectivity index (χ2v) is 5.82. The first kappa shape index (κ1) is 15.5. The van der Waals surface area contributed by atoms with Gasteiger partial charge in [0.15, 0.2) is 0 Å². The molecule has 0 unspecified atom stereocenters. The Labute approximate surface area is 120 Å². The van der Waals surface area contributed by atoms with Crippen molar-refractivity contribution in [2.45, 2.75) is 32.8 Å². The smallest absolute Gasteiger partial charge is 0.411 e.